The minimum atomic E-state index is 0.522. The number of pyridine rings is 1. The Morgan fingerprint density at radius 2 is 2.05 bits per heavy atom. The number of benzene rings is 1. The highest BCUT2D eigenvalue weighted by atomic mass is 79.9. The molecule has 2 heterocycles. The lowest BCUT2D eigenvalue weighted by Crippen LogP contribution is -1.96. The molecule has 0 aliphatic rings. The number of aromatic nitrogens is 3. The third kappa shape index (κ3) is 2.31. The number of fused-ring (bicyclic) bond motifs is 1. The van der Waals surface area contributed by atoms with Gasteiger partial charge in [0.15, 0.2) is 10.4 Å². The van der Waals surface area contributed by atoms with Crippen LogP contribution >= 0.6 is 51.3 Å². The monoisotopic (exact) mass is 373 g/mol. The van der Waals surface area contributed by atoms with Crippen molar-refractivity contribution in [3.8, 4) is 5.69 Å². The molecule has 0 spiro atoms. The van der Waals surface area contributed by atoms with Crippen molar-refractivity contribution in [2.75, 3.05) is 0 Å². The van der Waals surface area contributed by atoms with Crippen LogP contribution in [0.1, 0.15) is 0 Å². The normalized spacial score (nSPS) is 11.1. The molecule has 0 unspecified atom stereocenters. The Kier molecular flexibility index (Phi) is 3.39. The van der Waals surface area contributed by atoms with Gasteiger partial charge in [0.05, 0.1) is 16.2 Å². The van der Waals surface area contributed by atoms with E-state index in [2.05, 4.69) is 25.9 Å². The van der Waals surface area contributed by atoms with Gasteiger partial charge in [0, 0.05) is 15.7 Å². The summed E-state index contributed by atoms with van der Waals surface area (Å²) in [6.45, 7) is 0. The summed E-state index contributed by atoms with van der Waals surface area (Å²) in [6.07, 6.45) is 1.71. The molecule has 0 fully saturated rings. The maximum absolute atomic E-state index is 6.22. The van der Waals surface area contributed by atoms with Crippen molar-refractivity contribution >= 4 is 62.5 Å². The number of aromatic amines is 1. The third-order valence-corrected chi connectivity index (χ3v) is 3.90. The van der Waals surface area contributed by atoms with Crippen molar-refractivity contribution in [3.63, 3.8) is 0 Å². The lowest BCUT2D eigenvalue weighted by atomic mass is 10.3. The van der Waals surface area contributed by atoms with Crippen LogP contribution in [0.15, 0.2) is 34.9 Å². The van der Waals surface area contributed by atoms with Crippen LogP contribution in [0, 0.1) is 4.77 Å². The molecular formula is C12H6BrCl2N3S. The van der Waals surface area contributed by atoms with E-state index in [9.17, 15) is 0 Å². The van der Waals surface area contributed by atoms with Gasteiger partial charge in [0.2, 0.25) is 0 Å². The third-order valence-electron chi connectivity index (χ3n) is 2.64. The van der Waals surface area contributed by atoms with Crippen LogP contribution in [0.3, 0.4) is 0 Å². The summed E-state index contributed by atoms with van der Waals surface area (Å²) in [5.74, 6) is 0. The maximum Gasteiger partial charge on any atom is 0.184 e. The molecule has 0 saturated carbocycles. The van der Waals surface area contributed by atoms with Crippen molar-refractivity contribution in [3.05, 3.63) is 49.8 Å². The number of H-pyrrole nitrogens is 1. The van der Waals surface area contributed by atoms with Crippen molar-refractivity contribution in [2.24, 2.45) is 0 Å². The Bertz CT molecular complexity index is 841. The van der Waals surface area contributed by atoms with Crippen molar-refractivity contribution in [2.45, 2.75) is 0 Å². The molecule has 1 aromatic carbocycles. The molecule has 3 rings (SSSR count). The molecular weight excluding hydrogens is 369 g/mol. The fourth-order valence-corrected chi connectivity index (χ4v) is 2.97. The van der Waals surface area contributed by atoms with E-state index < -0.39 is 0 Å². The van der Waals surface area contributed by atoms with Gasteiger partial charge in [-0.3, -0.25) is 4.57 Å². The van der Waals surface area contributed by atoms with Crippen LogP contribution in [0.25, 0.3) is 16.9 Å². The first-order valence-corrected chi connectivity index (χ1v) is 7.23. The fourth-order valence-electron chi connectivity index (χ4n) is 1.86. The lowest BCUT2D eigenvalue weighted by Gasteiger charge is -2.06. The van der Waals surface area contributed by atoms with E-state index in [1.165, 1.54) is 0 Å². The largest absolute Gasteiger partial charge is 0.329 e. The molecule has 1 N–H and O–H groups in total. The van der Waals surface area contributed by atoms with E-state index in [0.29, 0.717) is 14.8 Å². The first-order chi connectivity index (χ1) is 9.06. The van der Waals surface area contributed by atoms with Gasteiger partial charge in [-0.25, -0.2) is 4.98 Å². The maximum atomic E-state index is 6.22. The highest BCUT2D eigenvalue weighted by Crippen LogP contribution is 2.28. The van der Waals surface area contributed by atoms with Gasteiger partial charge in [0.25, 0.3) is 0 Å². The molecule has 19 heavy (non-hydrogen) atoms. The van der Waals surface area contributed by atoms with Crippen LogP contribution in [-0.2, 0) is 0 Å². The fraction of sp³-hybridized carbons (Fsp3) is 0. The number of nitrogens with zero attached hydrogens (tertiary/aromatic N) is 2. The van der Waals surface area contributed by atoms with Crippen molar-refractivity contribution in [1.82, 2.24) is 14.5 Å². The van der Waals surface area contributed by atoms with E-state index in [1.807, 2.05) is 12.1 Å². The molecule has 2 aromatic heterocycles. The highest BCUT2D eigenvalue weighted by Gasteiger charge is 2.11. The Hall–Kier alpha value is -0.880. The Morgan fingerprint density at radius 1 is 1.26 bits per heavy atom. The van der Waals surface area contributed by atoms with Crippen LogP contribution in [-0.4, -0.2) is 14.5 Å². The minimum Gasteiger partial charge on any atom is -0.329 e. The minimum absolute atomic E-state index is 0.522. The highest BCUT2D eigenvalue weighted by molar-refractivity contribution is 9.10. The summed E-state index contributed by atoms with van der Waals surface area (Å²) in [4.78, 5) is 7.47. The van der Waals surface area contributed by atoms with E-state index in [-0.39, 0.29) is 0 Å². The van der Waals surface area contributed by atoms with Gasteiger partial charge in [-0.1, -0.05) is 23.2 Å². The van der Waals surface area contributed by atoms with Crippen LogP contribution in [0.4, 0.5) is 0 Å². The lowest BCUT2D eigenvalue weighted by molar-refractivity contribution is 1.04. The van der Waals surface area contributed by atoms with Gasteiger partial charge < -0.3 is 4.98 Å². The first kappa shape index (κ1) is 13.1. The summed E-state index contributed by atoms with van der Waals surface area (Å²) in [5, 5.41) is 1.10. The average Bonchev–Trinajstić information content (AvgIpc) is 2.65. The van der Waals surface area contributed by atoms with Crippen molar-refractivity contribution < 1.29 is 0 Å². The smallest absolute Gasteiger partial charge is 0.184 e. The Morgan fingerprint density at radius 3 is 2.79 bits per heavy atom. The Balaban J connectivity index is 2.36. The molecule has 0 saturated heterocycles. The second-order valence-electron chi connectivity index (χ2n) is 3.89. The van der Waals surface area contributed by atoms with Gasteiger partial charge in [-0.15, -0.1) is 0 Å². The molecule has 3 aromatic rings. The summed E-state index contributed by atoms with van der Waals surface area (Å²) in [7, 11) is 0. The van der Waals surface area contributed by atoms with Crippen molar-refractivity contribution in [1.29, 1.82) is 0 Å². The summed E-state index contributed by atoms with van der Waals surface area (Å²) in [6, 6.07) is 7.18. The number of rotatable bonds is 1. The number of hydrogen-bond donors (Lipinski definition) is 1. The van der Waals surface area contributed by atoms with Gasteiger partial charge in [0.1, 0.15) is 0 Å². The van der Waals surface area contributed by atoms with Gasteiger partial charge >= 0.3 is 0 Å². The molecule has 0 radical (unpaired) electrons. The zero-order valence-electron chi connectivity index (χ0n) is 9.32. The number of nitrogens with one attached hydrogen (secondary N) is 1. The van der Waals surface area contributed by atoms with Crippen LogP contribution in [0.2, 0.25) is 10.0 Å². The zero-order valence-corrected chi connectivity index (χ0v) is 13.2. The number of imidazole rings is 1. The molecule has 0 aliphatic heterocycles. The summed E-state index contributed by atoms with van der Waals surface area (Å²) in [5.41, 5.74) is 2.31. The van der Waals surface area contributed by atoms with E-state index in [1.54, 1.807) is 22.9 Å². The van der Waals surface area contributed by atoms with E-state index in [4.69, 9.17) is 35.4 Å². The quantitative estimate of drug-likeness (QED) is 0.597. The molecule has 96 valence electrons. The summed E-state index contributed by atoms with van der Waals surface area (Å²) >= 11 is 20.8. The average molecular weight is 375 g/mol. The molecule has 0 amide bonds. The molecule has 7 heteroatoms. The van der Waals surface area contributed by atoms with Gasteiger partial charge in [-0.05, 0) is 52.4 Å². The number of hydrogen-bond acceptors (Lipinski definition) is 2. The Labute approximate surface area is 132 Å². The zero-order chi connectivity index (χ0) is 13.6. The van der Waals surface area contributed by atoms with E-state index >= 15 is 0 Å². The predicted molar refractivity (Wildman–Crippen MR) is 84.0 cm³/mol. The molecule has 3 nitrogen and oxygen atoms in total. The van der Waals surface area contributed by atoms with Gasteiger partial charge in [-0.2, -0.15) is 0 Å². The number of halogens is 3. The standard InChI is InChI=1S/C12H6BrCl2N3S/c13-6-3-9-11(16-5-6)18(12(19)17-9)10-2-1-7(14)4-8(10)15/h1-5H,(H,17,19). The van der Waals surface area contributed by atoms with Crippen LogP contribution < -0.4 is 0 Å². The first-order valence-electron chi connectivity index (χ1n) is 5.28. The second kappa shape index (κ2) is 4.90. The summed E-state index contributed by atoms with van der Waals surface area (Å²) < 4.78 is 3.20. The van der Waals surface area contributed by atoms with Crippen LogP contribution in [0.5, 0.6) is 0 Å². The molecule has 0 atom stereocenters. The molecule has 0 bridgehead atoms. The second-order valence-corrected chi connectivity index (χ2v) is 6.03. The topological polar surface area (TPSA) is 33.6 Å². The molecule has 0 aliphatic carbocycles. The van der Waals surface area contributed by atoms with E-state index in [0.717, 1.165) is 21.3 Å². The SMILES string of the molecule is S=c1[nH]c2cc(Br)cnc2n1-c1ccc(Cl)cc1Cl. The predicted octanol–water partition coefficient (Wildman–Crippen LogP) is 5.15.